The molecule has 0 bridgehead atoms. The van der Waals surface area contributed by atoms with Gasteiger partial charge in [-0.1, -0.05) is 12.1 Å². The van der Waals surface area contributed by atoms with Crippen LogP contribution in [-0.2, 0) is 0 Å². The minimum absolute atomic E-state index is 0.0610. The molecule has 1 aliphatic heterocycles. The number of thiazole rings is 1. The number of piperazine rings is 1. The molecule has 0 N–H and O–H groups in total. The highest BCUT2D eigenvalue weighted by Crippen LogP contribution is 2.21. The van der Waals surface area contributed by atoms with Crippen molar-refractivity contribution < 1.29 is 9.18 Å². The van der Waals surface area contributed by atoms with E-state index in [0.717, 1.165) is 4.96 Å². The zero-order chi connectivity index (χ0) is 15.8. The minimum atomic E-state index is -0.221. The number of rotatable bonds is 2. The Morgan fingerprint density at radius 1 is 1.17 bits per heavy atom. The van der Waals surface area contributed by atoms with Crippen LogP contribution in [0, 0.1) is 5.82 Å². The lowest BCUT2D eigenvalue weighted by Gasteiger charge is -2.35. The summed E-state index contributed by atoms with van der Waals surface area (Å²) in [6, 6.07) is 6.75. The third-order valence-corrected chi connectivity index (χ3v) is 4.84. The molecule has 1 saturated heterocycles. The normalized spacial score (nSPS) is 15.3. The van der Waals surface area contributed by atoms with E-state index in [9.17, 15) is 9.18 Å². The van der Waals surface area contributed by atoms with Crippen LogP contribution in [0.3, 0.4) is 0 Å². The van der Waals surface area contributed by atoms with E-state index in [2.05, 4.69) is 4.98 Å². The summed E-state index contributed by atoms with van der Waals surface area (Å²) in [7, 11) is 0. The van der Waals surface area contributed by atoms with Gasteiger partial charge in [-0.3, -0.25) is 9.20 Å². The number of benzene rings is 1. The van der Waals surface area contributed by atoms with Crippen molar-refractivity contribution in [3.63, 3.8) is 0 Å². The van der Waals surface area contributed by atoms with Gasteiger partial charge in [-0.2, -0.15) is 0 Å². The number of hydrogen-bond donors (Lipinski definition) is 0. The largest absolute Gasteiger partial charge is 0.366 e. The first-order chi connectivity index (χ1) is 11.2. The van der Waals surface area contributed by atoms with Crippen molar-refractivity contribution in [1.82, 2.24) is 14.3 Å². The van der Waals surface area contributed by atoms with E-state index in [1.54, 1.807) is 23.2 Å². The maximum Gasteiger partial charge on any atom is 0.274 e. The lowest BCUT2D eigenvalue weighted by Crippen LogP contribution is -2.49. The molecule has 1 aromatic carbocycles. The summed E-state index contributed by atoms with van der Waals surface area (Å²) in [4.78, 5) is 21.5. The predicted octanol–water partition coefficient (Wildman–Crippen LogP) is 2.50. The summed E-state index contributed by atoms with van der Waals surface area (Å²) in [5, 5.41) is 1.93. The molecule has 1 aliphatic rings. The molecule has 7 heteroatoms. The van der Waals surface area contributed by atoms with Gasteiger partial charge in [0.15, 0.2) is 4.96 Å². The van der Waals surface area contributed by atoms with Crippen molar-refractivity contribution in [1.29, 1.82) is 0 Å². The van der Waals surface area contributed by atoms with Crippen molar-refractivity contribution in [3.8, 4) is 0 Å². The zero-order valence-corrected chi connectivity index (χ0v) is 13.2. The number of hydrogen-bond acceptors (Lipinski definition) is 4. The summed E-state index contributed by atoms with van der Waals surface area (Å²) in [5.74, 6) is -0.282. The van der Waals surface area contributed by atoms with Crippen molar-refractivity contribution in [2.24, 2.45) is 0 Å². The number of halogens is 1. The average molecular weight is 330 g/mol. The van der Waals surface area contributed by atoms with Crippen molar-refractivity contribution >= 4 is 27.9 Å². The van der Waals surface area contributed by atoms with Crippen LogP contribution in [0.4, 0.5) is 10.1 Å². The van der Waals surface area contributed by atoms with E-state index in [-0.39, 0.29) is 11.7 Å². The predicted molar refractivity (Wildman–Crippen MR) is 87.6 cm³/mol. The van der Waals surface area contributed by atoms with Crippen LogP contribution < -0.4 is 4.90 Å². The summed E-state index contributed by atoms with van der Waals surface area (Å²) in [6.45, 7) is 2.38. The fourth-order valence-electron chi connectivity index (χ4n) is 2.85. The van der Waals surface area contributed by atoms with E-state index >= 15 is 0 Å². The van der Waals surface area contributed by atoms with Crippen LogP contribution >= 0.6 is 11.3 Å². The molecule has 0 spiro atoms. The Balaban J connectivity index is 1.46. The number of carbonyl (C=O) groups excluding carboxylic acids is 1. The first kappa shape index (κ1) is 14.2. The highest BCUT2D eigenvalue weighted by Gasteiger charge is 2.25. The molecule has 3 aromatic rings. The molecule has 23 heavy (non-hydrogen) atoms. The van der Waals surface area contributed by atoms with Gasteiger partial charge >= 0.3 is 0 Å². The molecule has 0 aliphatic carbocycles. The Morgan fingerprint density at radius 2 is 1.96 bits per heavy atom. The molecule has 0 saturated carbocycles. The van der Waals surface area contributed by atoms with Gasteiger partial charge < -0.3 is 9.80 Å². The maximum absolute atomic E-state index is 13.8. The fraction of sp³-hybridized carbons (Fsp3) is 0.250. The third-order valence-electron chi connectivity index (χ3n) is 4.07. The van der Waals surface area contributed by atoms with Crippen LogP contribution in [0.25, 0.3) is 4.96 Å². The summed E-state index contributed by atoms with van der Waals surface area (Å²) in [5.41, 5.74) is 1.07. The molecule has 4 rings (SSSR count). The third kappa shape index (κ3) is 2.57. The van der Waals surface area contributed by atoms with E-state index in [1.165, 1.54) is 17.4 Å². The van der Waals surface area contributed by atoms with Crippen LogP contribution in [0.1, 0.15) is 10.5 Å². The summed E-state index contributed by atoms with van der Waals surface area (Å²) in [6.07, 6.45) is 3.65. The van der Waals surface area contributed by atoms with Crippen molar-refractivity contribution in [2.75, 3.05) is 31.1 Å². The van der Waals surface area contributed by atoms with Gasteiger partial charge in [-0.15, -0.1) is 11.3 Å². The molecule has 3 heterocycles. The van der Waals surface area contributed by atoms with E-state index < -0.39 is 0 Å². The van der Waals surface area contributed by atoms with E-state index in [0.29, 0.717) is 37.6 Å². The van der Waals surface area contributed by atoms with Gasteiger partial charge in [-0.05, 0) is 12.1 Å². The molecule has 0 atom stereocenters. The lowest BCUT2D eigenvalue weighted by atomic mass is 10.2. The van der Waals surface area contributed by atoms with Crippen LogP contribution in [0.5, 0.6) is 0 Å². The Labute approximate surface area is 136 Å². The standard InChI is InChI=1S/C16H15FN4OS/c17-12-3-1-2-4-14(12)19-5-7-20(8-6-19)15(22)13-11-21-9-10-23-16(21)18-13/h1-4,9-11H,5-8H2. The van der Waals surface area contributed by atoms with Gasteiger partial charge in [0.1, 0.15) is 11.5 Å². The molecular formula is C16H15FN4OS. The SMILES string of the molecule is O=C(c1cn2ccsc2n1)N1CCN(c2ccccc2F)CC1. The van der Waals surface area contributed by atoms with Gasteiger partial charge in [-0.25, -0.2) is 9.37 Å². The second kappa shape index (κ2) is 5.66. The number of nitrogens with zero attached hydrogens (tertiary/aromatic N) is 4. The highest BCUT2D eigenvalue weighted by atomic mass is 32.1. The summed E-state index contributed by atoms with van der Waals surface area (Å²) < 4.78 is 15.7. The first-order valence-corrected chi connectivity index (χ1v) is 8.31. The lowest BCUT2D eigenvalue weighted by molar-refractivity contribution is 0.0741. The Kier molecular flexibility index (Phi) is 3.49. The number of fused-ring (bicyclic) bond motifs is 1. The average Bonchev–Trinajstić information content (AvgIpc) is 3.16. The zero-order valence-electron chi connectivity index (χ0n) is 12.4. The molecule has 1 fully saturated rings. The number of para-hydroxylation sites is 1. The number of amides is 1. The molecule has 118 valence electrons. The monoisotopic (exact) mass is 330 g/mol. The molecule has 0 radical (unpaired) electrons. The topological polar surface area (TPSA) is 40.9 Å². The number of aromatic nitrogens is 2. The van der Waals surface area contributed by atoms with Crippen molar-refractivity contribution in [2.45, 2.75) is 0 Å². The quantitative estimate of drug-likeness (QED) is 0.725. The van der Waals surface area contributed by atoms with E-state index in [1.807, 2.05) is 26.9 Å². The van der Waals surface area contributed by atoms with Crippen LogP contribution in [0.2, 0.25) is 0 Å². The minimum Gasteiger partial charge on any atom is -0.366 e. The van der Waals surface area contributed by atoms with E-state index in [4.69, 9.17) is 0 Å². The number of carbonyl (C=O) groups is 1. The van der Waals surface area contributed by atoms with Gasteiger partial charge in [0.25, 0.3) is 5.91 Å². The number of anilines is 1. The molecule has 1 amide bonds. The van der Waals surface area contributed by atoms with Crippen molar-refractivity contribution in [3.05, 3.63) is 53.6 Å². The second-order valence-corrected chi connectivity index (χ2v) is 6.32. The first-order valence-electron chi connectivity index (χ1n) is 7.43. The fourth-order valence-corrected chi connectivity index (χ4v) is 3.55. The second-order valence-electron chi connectivity index (χ2n) is 5.45. The Bertz CT molecular complexity index is 822. The Morgan fingerprint density at radius 3 is 2.70 bits per heavy atom. The van der Waals surface area contributed by atoms with Crippen LogP contribution in [-0.4, -0.2) is 46.4 Å². The molecule has 2 aromatic heterocycles. The van der Waals surface area contributed by atoms with Gasteiger partial charge in [0, 0.05) is 44.0 Å². The molecule has 0 unspecified atom stereocenters. The summed E-state index contributed by atoms with van der Waals surface area (Å²) >= 11 is 1.50. The maximum atomic E-state index is 13.8. The number of imidazole rings is 1. The van der Waals surface area contributed by atoms with Gasteiger partial charge in [0.2, 0.25) is 0 Å². The molecule has 5 nitrogen and oxygen atoms in total. The Hall–Kier alpha value is -2.41. The van der Waals surface area contributed by atoms with Gasteiger partial charge in [0.05, 0.1) is 5.69 Å². The van der Waals surface area contributed by atoms with Crippen LogP contribution in [0.15, 0.2) is 42.0 Å². The highest BCUT2D eigenvalue weighted by molar-refractivity contribution is 7.15. The smallest absolute Gasteiger partial charge is 0.274 e. The molecular weight excluding hydrogens is 315 g/mol.